The summed E-state index contributed by atoms with van der Waals surface area (Å²) in [6.45, 7) is 2.58. The molecule has 2 fully saturated rings. The van der Waals surface area contributed by atoms with Crippen LogP contribution in [0.1, 0.15) is 30.9 Å². The highest BCUT2D eigenvalue weighted by Crippen LogP contribution is 2.34. The van der Waals surface area contributed by atoms with Crippen molar-refractivity contribution < 1.29 is 0 Å². The smallest absolute Gasteiger partial charge is 0.0865 e. The lowest BCUT2D eigenvalue weighted by atomic mass is 9.86. The van der Waals surface area contributed by atoms with E-state index < -0.39 is 0 Å². The van der Waals surface area contributed by atoms with Crippen molar-refractivity contribution in [2.24, 2.45) is 5.92 Å². The standard InChI is InChI=1S/C16H20Cl2N4/c17-12-1-2-13(14(18)9-12)16-10-15(20-21-16)11-3-6-22(7-4-11)8-5-19/h1-2,9,11,15-16,20-21H,3-4,6-8,10H2. The van der Waals surface area contributed by atoms with Crippen LogP contribution >= 0.6 is 23.2 Å². The molecule has 2 N–H and O–H groups in total. The van der Waals surface area contributed by atoms with E-state index >= 15 is 0 Å². The van der Waals surface area contributed by atoms with Gasteiger partial charge in [0.15, 0.2) is 0 Å². The number of piperidine rings is 1. The van der Waals surface area contributed by atoms with E-state index in [1.54, 1.807) is 6.07 Å². The maximum Gasteiger partial charge on any atom is 0.0865 e. The first-order valence-electron chi connectivity index (χ1n) is 7.72. The van der Waals surface area contributed by atoms with Gasteiger partial charge in [-0.2, -0.15) is 5.26 Å². The fourth-order valence-corrected chi connectivity index (χ4v) is 4.03. The largest absolute Gasteiger partial charge is 0.291 e. The van der Waals surface area contributed by atoms with Crippen LogP contribution in [-0.4, -0.2) is 30.6 Å². The van der Waals surface area contributed by atoms with Gasteiger partial charge < -0.3 is 0 Å². The molecular weight excluding hydrogens is 319 g/mol. The van der Waals surface area contributed by atoms with E-state index in [0.717, 1.165) is 42.9 Å². The van der Waals surface area contributed by atoms with Crippen molar-refractivity contribution in [3.8, 4) is 6.07 Å². The molecule has 4 nitrogen and oxygen atoms in total. The SMILES string of the molecule is N#CCN1CCC(C2CC(c3ccc(Cl)cc3Cl)NN2)CC1. The van der Waals surface area contributed by atoms with E-state index in [0.29, 0.717) is 23.5 Å². The van der Waals surface area contributed by atoms with E-state index in [4.69, 9.17) is 28.5 Å². The maximum atomic E-state index is 8.77. The van der Waals surface area contributed by atoms with Crippen LogP contribution in [-0.2, 0) is 0 Å². The summed E-state index contributed by atoms with van der Waals surface area (Å²) in [5.74, 6) is 0.651. The normalized spacial score (nSPS) is 27.0. The van der Waals surface area contributed by atoms with Crippen LogP contribution in [0.25, 0.3) is 0 Å². The zero-order valence-electron chi connectivity index (χ0n) is 12.4. The molecule has 0 spiro atoms. The Bertz CT molecular complexity index is 564. The second-order valence-electron chi connectivity index (χ2n) is 6.12. The molecule has 0 saturated carbocycles. The van der Waals surface area contributed by atoms with Crippen molar-refractivity contribution in [2.45, 2.75) is 31.3 Å². The fraction of sp³-hybridized carbons (Fsp3) is 0.562. The molecule has 118 valence electrons. The first-order chi connectivity index (χ1) is 10.7. The molecule has 3 rings (SSSR count). The Hall–Kier alpha value is -0.830. The molecule has 22 heavy (non-hydrogen) atoms. The summed E-state index contributed by atoms with van der Waals surface area (Å²) >= 11 is 12.3. The number of hydrogen-bond acceptors (Lipinski definition) is 4. The number of rotatable bonds is 3. The van der Waals surface area contributed by atoms with E-state index in [9.17, 15) is 0 Å². The molecule has 0 bridgehead atoms. The van der Waals surface area contributed by atoms with E-state index in [2.05, 4.69) is 21.8 Å². The number of hydrogen-bond donors (Lipinski definition) is 2. The van der Waals surface area contributed by atoms with Crippen molar-refractivity contribution in [3.05, 3.63) is 33.8 Å². The fourth-order valence-electron chi connectivity index (χ4n) is 3.49. The van der Waals surface area contributed by atoms with E-state index in [-0.39, 0.29) is 6.04 Å². The van der Waals surface area contributed by atoms with Gasteiger partial charge in [0.1, 0.15) is 0 Å². The number of nitrogens with zero attached hydrogens (tertiary/aromatic N) is 2. The van der Waals surface area contributed by atoms with Gasteiger partial charge in [0.05, 0.1) is 12.6 Å². The van der Waals surface area contributed by atoms with E-state index in [1.165, 1.54) is 0 Å². The van der Waals surface area contributed by atoms with Crippen molar-refractivity contribution in [3.63, 3.8) is 0 Å². The molecule has 2 aliphatic heterocycles. The molecule has 2 saturated heterocycles. The van der Waals surface area contributed by atoms with E-state index in [1.807, 2.05) is 12.1 Å². The highest BCUT2D eigenvalue weighted by Gasteiger charge is 2.33. The van der Waals surface area contributed by atoms with Gasteiger partial charge in [-0.15, -0.1) is 0 Å². The van der Waals surface area contributed by atoms with Gasteiger partial charge in [-0.3, -0.25) is 10.3 Å². The number of halogens is 2. The van der Waals surface area contributed by atoms with Gasteiger partial charge in [0.25, 0.3) is 0 Å². The Morgan fingerprint density at radius 1 is 1.23 bits per heavy atom. The summed E-state index contributed by atoms with van der Waals surface area (Å²) in [7, 11) is 0. The van der Waals surface area contributed by atoms with Gasteiger partial charge in [0, 0.05) is 22.1 Å². The summed E-state index contributed by atoms with van der Waals surface area (Å²) in [5.41, 5.74) is 7.91. The molecule has 2 atom stereocenters. The number of benzene rings is 1. The highest BCUT2D eigenvalue weighted by molar-refractivity contribution is 6.35. The van der Waals surface area contributed by atoms with Crippen LogP contribution in [0.3, 0.4) is 0 Å². The molecule has 2 heterocycles. The van der Waals surface area contributed by atoms with Crippen molar-refractivity contribution >= 4 is 23.2 Å². The molecular formula is C16H20Cl2N4. The zero-order valence-corrected chi connectivity index (χ0v) is 13.9. The zero-order chi connectivity index (χ0) is 15.5. The third-order valence-electron chi connectivity index (χ3n) is 4.77. The number of nitriles is 1. The molecule has 2 unspecified atom stereocenters. The Morgan fingerprint density at radius 3 is 2.68 bits per heavy atom. The number of nitrogens with one attached hydrogen (secondary N) is 2. The van der Waals surface area contributed by atoms with Gasteiger partial charge in [-0.05, 0) is 56.0 Å². The van der Waals surface area contributed by atoms with Crippen molar-refractivity contribution in [1.82, 2.24) is 15.8 Å². The minimum absolute atomic E-state index is 0.229. The van der Waals surface area contributed by atoms with Crippen LogP contribution < -0.4 is 10.9 Å². The molecule has 2 aliphatic rings. The van der Waals surface area contributed by atoms with Crippen LogP contribution in [0.2, 0.25) is 10.0 Å². The molecule has 1 aromatic carbocycles. The maximum absolute atomic E-state index is 8.77. The van der Waals surface area contributed by atoms with Gasteiger partial charge in [0.2, 0.25) is 0 Å². The van der Waals surface area contributed by atoms with Crippen molar-refractivity contribution in [2.75, 3.05) is 19.6 Å². The average molecular weight is 339 g/mol. The monoisotopic (exact) mass is 338 g/mol. The lowest BCUT2D eigenvalue weighted by Gasteiger charge is -2.33. The van der Waals surface area contributed by atoms with Crippen LogP contribution in [0, 0.1) is 17.2 Å². The molecule has 0 aliphatic carbocycles. The first-order valence-corrected chi connectivity index (χ1v) is 8.48. The van der Waals surface area contributed by atoms with Gasteiger partial charge in [-0.1, -0.05) is 29.3 Å². The van der Waals surface area contributed by atoms with Crippen molar-refractivity contribution in [1.29, 1.82) is 5.26 Å². The van der Waals surface area contributed by atoms with Gasteiger partial charge >= 0.3 is 0 Å². The Labute approximate surface area is 141 Å². The summed E-state index contributed by atoms with van der Waals surface area (Å²) in [6.07, 6.45) is 3.31. The minimum Gasteiger partial charge on any atom is -0.291 e. The topological polar surface area (TPSA) is 51.1 Å². The Kier molecular flexibility index (Phi) is 5.22. The molecule has 0 radical (unpaired) electrons. The molecule has 1 aromatic rings. The summed E-state index contributed by atoms with van der Waals surface area (Å²) in [5, 5.41) is 10.2. The average Bonchev–Trinajstić information content (AvgIpc) is 2.98. The summed E-state index contributed by atoms with van der Waals surface area (Å²) in [4.78, 5) is 2.23. The molecule has 0 amide bonds. The minimum atomic E-state index is 0.229. The molecule has 0 aromatic heterocycles. The lowest BCUT2D eigenvalue weighted by molar-refractivity contribution is 0.176. The first kappa shape index (κ1) is 16.0. The predicted molar refractivity (Wildman–Crippen MR) is 88.7 cm³/mol. The summed E-state index contributed by atoms with van der Waals surface area (Å²) < 4.78 is 0. The van der Waals surface area contributed by atoms with Crippen LogP contribution in [0.5, 0.6) is 0 Å². The highest BCUT2D eigenvalue weighted by atomic mass is 35.5. The molecule has 6 heteroatoms. The third kappa shape index (κ3) is 3.56. The Morgan fingerprint density at radius 2 is 2.00 bits per heavy atom. The van der Waals surface area contributed by atoms with Crippen LogP contribution in [0.15, 0.2) is 18.2 Å². The van der Waals surface area contributed by atoms with Gasteiger partial charge in [-0.25, -0.2) is 5.43 Å². The quantitative estimate of drug-likeness (QED) is 0.831. The second kappa shape index (κ2) is 7.16. The summed E-state index contributed by atoms with van der Waals surface area (Å²) in [6, 6.07) is 8.61. The number of hydrazine groups is 1. The number of likely N-dealkylation sites (tertiary alicyclic amines) is 1. The Balaban J connectivity index is 1.58. The second-order valence-corrected chi connectivity index (χ2v) is 6.96. The van der Waals surface area contributed by atoms with Crippen LogP contribution in [0.4, 0.5) is 0 Å². The predicted octanol–water partition coefficient (Wildman–Crippen LogP) is 3.14. The third-order valence-corrected chi connectivity index (χ3v) is 5.33. The lowest BCUT2D eigenvalue weighted by Crippen LogP contribution is -2.42.